The molecular formula is C14H14N6O2. The van der Waals surface area contributed by atoms with Gasteiger partial charge in [-0.2, -0.15) is 4.68 Å². The van der Waals surface area contributed by atoms with Crippen molar-refractivity contribution in [2.24, 2.45) is 5.41 Å². The van der Waals surface area contributed by atoms with Gasteiger partial charge in [0, 0.05) is 19.5 Å². The van der Waals surface area contributed by atoms with Crippen molar-refractivity contribution in [2.45, 2.75) is 12.8 Å². The average Bonchev–Trinajstić information content (AvgIpc) is 3.20. The van der Waals surface area contributed by atoms with Crippen LogP contribution in [0.15, 0.2) is 30.3 Å². The fraction of sp³-hybridized carbons (Fsp3) is 0.357. The van der Waals surface area contributed by atoms with Crippen LogP contribution in [0.25, 0.3) is 5.69 Å². The Morgan fingerprint density at radius 2 is 2.00 bits per heavy atom. The van der Waals surface area contributed by atoms with Crippen molar-refractivity contribution in [1.82, 2.24) is 25.5 Å². The van der Waals surface area contributed by atoms with Gasteiger partial charge in [0.15, 0.2) is 0 Å². The van der Waals surface area contributed by atoms with Crippen LogP contribution in [0, 0.1) is 5.41 Å². The molecule has 2 amide bonds. The predicted molar refractivity (Wildman–Crippen MR) is 76.2 cm³/mol. The van der Waals surface area contributed by atoms with E-state index in [0.29, 0.717) is 25.5 Å². The van der Waals surface area contributed by atoms with Gasteiger partial charge in [-0.3, -0.25) is 14.9 Å². The molecule has 112 valence electrons. The van der Waals surface area contributed by atoms with E-state index in [4.69, 9.17) is 0 Å². The lowest BCUT2D eigenvalue weighted by Gasteiger charge is -2.20. The van der Waals surface area contributed by atoms with Gasteiger partial charge in [-0.05, 0) is 29.0 Å². The first-order valence-corrected chi connectivity index (χ1v) is 7.11. The second-order valence-electron chi connectivity index (χ2n) is 5.73. The Morgan fingerprint density at radius 3 is 2.73 bits per heavy atom. The van der Waals surface area contributed by atoms with Gasteiger partial charge in [-0.15, -0.1) is 0 Å². The summed E-state index contributed by atoms with van der Waals surface area (Å²) in [5.74, 6) is 0.212. The van der Waals surface area contributed by atoms with E-state index in [1.807, 2.05) is 35.2 Å². The van der Waals surface area contributed by atoms with Crippen LogP contribution in [-0.2, 0) is 9.59 Å². The maximum absolute atomic E-state index is 12.1. The molecule has 3 heterocycles. The monoisotopic (exact) mass is 298 g/mol. The number of tetrazole rings is 1. The van der Waals surface area contributed by atoms with Crippen LogP contribution < -0.4 is 10.2 Å². The van der Waals surface area contributed by atoms with E-state index in [-0.39, 0.29) is 18.2 Å². The molecule has 0 saturated carbocycles. The number of carbonyl (C=O) groups excluding carboxylic acids is 2. The molecule has 1 aromatic heterocycles. The summed E-state index contributed by atoms with van der Waals surface area (Å²) in [4.78, 5) is 25.5. The van der Waals surface area contributed by atoms with Gasteiger partial charge in [0.2, 0.25) is 17.8 Å². The van der Waals surface area contributed by atoms with Gasteiger partial charge >= 0.3 is 0 Å². The molecule has 2 aliphatic heterocycles. The molecule has 0 radical (unpaired) electrons. The molecule has 1 aromatic carbocycles. The number of nitrogens with one attached hydrogen (secondary N) is 1. The maximum Gasteiger partial charge on any atom is 0.250 e. The minimum Gasteiger partial charge on any atom is -0.338 e. The molecule has 0 aliphatic carbocycles. The standard InChI is InChI=1S/C14H14N6O2/c21-11-8-14(12(22)15-11)6-7-19(9-14)13-16-17-18-20(13)10-4-2-1-3-5-10/h1-5H,6-9H2,(H,15,21,22)/t14-/m0/s1. The third kappa shape index (κ3) is 1.87. The zero-order valence-electron chi connectivity index (χ0n) is 11.8. The molecule has 1 N–H and O–H groups in total. The highest BCUT2D eigenvalue weighted by atomic mass is 16.2. The maximum atomic E-state index is 12.1. The quantitative estimate of drug-likeness (QED) is 0.779. The van der Waals surface area contributed by atoms with Gasteiger partial charge in [0.25, 0.3) is 0 Å². The zero-order valence-corrected chi connectivity index (χ0v) is 11.8. The lowest BCUT2D eigenvalue weighted by molar-refractivity contribution is -0.127. The highest BCUT2D eigenvalue weighted by Crippen LogP contribution is 2.39. The Morgan fingerprint density at radius 1 is 1.18 bits per heavy atom. The molecule has 2 fully saturated rings. The van der Waals surface area contributed by atoms with E-state index in [1.165, 1.54) is 0 Å². The summed E-state index contributed by atoms with van der Waals surface area (Å²) in [6.45, 7) is 1.10. The first-order chi connectivity index (χ1) is 10.7. The minimum absolute atomic E-state index is 0.182. The predicted octanol–water partition coefficient (Wildman–Crippen LogP) is -0.0947. The summed E-state index contributed by atoms with van der Waals surface area (Å²) in [5, 5.41) is 14.3. The third-order valence-electron chi connectivity index (χ3n) is 4.32. The van der Waals surface area contributed by atoms with Crippen molar-refractivity contribution >= 4 is 17.8 Å². The Labute approximate surface area is 126 Å². The highest BCUT2D eigenvalue weighted by molar-refractivity contribution is 6.06. The molecule has 22 heavy (non-hydrogen) atoms. The normalized spacial score (nSPS) is 24.3. The molecule has 0 unspecified atom stereocenters. The fourth-order valence-corrected chi connectivity index (χ4v) is 3.18. The number of para-hydroxylation sites is 1. The van der Waals surface area contributed by atoms with Crippen molar-refractivity contribution < 1.29 is 9.59 Å². The van der Waals surface area contributed by atoms with E-state index < -0.39 is 5.41 Å². The fourth-order valence-electron chi connectivity index (χ4n) is 3.18. The smallest absolute Gasteiger partial charge is 0.250 e. The number of nitrogens with zero attached hydrogens (tertiary/aromatic N) is 5. The Kier molecular flexibility index (Phi) is 2.72. The lowest BCUT2D eigenvalue weighted by Crippen LogP contribution is -2.35. The van der Waals surface area contributed by atoms with Crippen molar-refractivity contribution in [3.63, 3.8) is 0 Å². The molecule has 8 heteroatoms. The Bertz CT molecular complexity index is 743. The van der Waals surface area contributed by atoms with E-state index in [2.05, 4.69) is 20.8 Å². The Hall–Kier alpha value is -2.77. The molecule has 2 saturated heterocycles. The molecular weight excluding hydrogens is 284 g/mol. The van der Waals surface area contributed by atoms with E-state index >= 15 is 0 Å². The van der Waals surface area contributed by atoms with E-state index in [9.17, 15) is 9.59 Å². The third-order valence-corrected chi connectivity index (χ3v) is 4.32. The van der Waals surface area contributed by atoms with E-state index in [1.54, 1.807) is 4.68 Å². The van der Waals surface area contributed by atoms with Crippen LogP contribution >= 0.6 is 0 Å². The summed E-state index contributed by atoms with van der Waals surface area (Å²) in [5.41, 5.74) is 0.222. The van der Waals surface area contributed by atoms with Crippen LogP contribution in [0.3, 0.4) is 0 Å². The summed E-state index contributed by atoms with van der Waals surface area (Å²) < 4.78 is 1.65. The number of hydrogen-bond donors (Lipinski definition) is 1. The second kappa shape index (κ2) is 4.62. The second-order valence-corrected chi connectivity index (χ2v) is 5.73. The molecule has 0 bridgehead atoms. The molecule has 1 spiro atoms. The van der Waals surface area contributed by atoms with Crippen molar-refractivity contribution in [1.29, 1.82) is 0 Å². The number of aromatic nitrogens is 4. The van der Waals surface area contributed by atoms with Crippen LogP contribution in [0.1, 0.15) is 12.8 Å². The van der Waals surface area contributed by atoms with Crippen molar-refractivity contribution in [3.8, 4) is 5.69 Å². The number of amides is 2. The summed E-state index contributed by atoms with van der Waals surface area (Å²) >= 11 is 0. The number of rotatable bonds is 2. The number of carbonyl (C=O) groups is 2. The van der Waals surface area contributed by atoms with Crippen LogP contribution in [-0.4, -0.2) is 45.1 Å². The van der Waals surface area contributed by atoms with Gasteiger partial charge in [0.1, 0.15) is 0 Å². The average molecular weight is 298 g/mol. The molecule has 4 rings (SSSR count). The van der Waals surface area contributed by atoms with Gasteiger partial charge in [-0.25, -0.2) is 0 Å². The molecule has 8 nitrogen and oxygen atoms in total. The van der Waals surface area contributed by atoms with Gasteiger partial charge < -0.3 is 4.90 Å². The van der Waals surface area contributed by atoms with Crippen LogP contribution in [0.2, 0.25) is 0 Å². The minimum atomic E-state index is -0.634. The topological polar surface area (TPSA) is 93.0 Å². The Balaban J connectivity index is 1.64. The van der Waals surface area contributed by atoms with Crippen LogP contribution in [0.5, 0.6) is 0 Å². The van der Waals surface area contributed by atoms with Crippen molar-refractivity contribution in [3.05, 3.63) is 30.3 Å². The number of imide groups is 1. The zero-order chi connectivity index (χ0) is 15.2. The molecule has 2 aromatic rings. The number of anilines is 1. The summed E-state index contributed by atoms with van der Waals surface area (Å²) in [6.07, 6.45) is 0.876. The first-order valence-electron chi connectivity index (χ1n) is 7.11. The number of hydrogen-bond acceptors (Lipinski definition) is 6. The molecule has 2 aliphatic rings. The van der Waals surface area contributed by atoms with Gasteiger partial charge in [-0.1, -0.05) is 23.3 Å². The van der Waals surface area contributed by atoms with E-state index in [0.717, 1.165) is 5.69 Å². The first kappa shape index (κ1) is 12.9. The SMILES string of the molecule is O=C1C[C@]2(CCN(c3nnnn3-c3ccccc3)C2)C(=O)N1. The summed E-state index contributed by atoms with van der Waals surface area (Å²) in [7, 11) is 0. The lowest BCUT2D eigenvalue weighted by atomic mass is 9.85. The number of benzene rings is 1. The summed E-state index contributed by atoms with van der Waals surface area (Å²) in [6, 6.07) is 9.58. The largest absolute Gasteiger partial charge is 0.338 e. The molecule has 1 atom stereocenters. The highest BCUT2D eigenvalue weighted by Gasteiger charge is 2.51. The van der Waals surface area contributed by atoms with Crippen molar-refractivity contribution in [2.75, 3.05) is 18.0 Å². The van der Waals surface area contributed by atoms with Crippen LogP contribution in [0.4, 0.5) is 5.95 Å². The van der Waals surface area contributed by atoms with Gasteiger partial charge in [0.05, 0.1) is 11.1 Å².